The third-order valence-electron chi connectivity index (χ3n) is 3.21. The van der Waals surface area contributed by atoms with Crippen molar-refractivity contribution in [3.63, 3.8) is 0 Å². The quantitative estimate of drug-likeness (QED) is 0.591. The van der Waals surface area contributed by atoms with Crippen LogP contribution in [0.25, 0.3) is 0 Å². The first-order valence-electron chi connectivity index (χ1n) is 6.37. The van der Waals surface area contributed by atoms with E-state index in [1.54, 1.807) is 0 Å². The number of nitrogens with two attached hydrogens (primary N) is 1. The van der Waals surface area contributed by atoms with E-state index in [4.69, 9.17) is 5.73 Å². The summed E-state index contributed by atoms with van der Waals surface area (Å²) in [6.45, 7) is 0. The van der Waals surface area contributed by atoms with Gasteiger partial charge in [0.15, 0.2) is 0 Å². The number of hydrogen-bond donors (Lipinski definition) is 3. The lowest BCUT2D eigenvalue weighted by atomic mass is 9.81. The topological polar surface area (TPSA) is 109 Å². The highest BCUT2D eigenvalue weighted by Gasteiger charge is 2.40. The summed E-state index contributed by atoms with van der Waals surface area (Å²) in [5, 5.41) is 12.0. The van der Waals surface area contributed by atoms with Gasteiger partial charge in [-0.05, 0) is 12.8 Å². The van der Waals surface area contributed by atoms with E-state index in [9.17, 15) is 19.5 Å². The fourth-order valence-corrected chi connectivity index (χ4v) is 2.89. The minimum Gasteiger partial charge on any atom is -0.480 e. The molecule has 0 unspecified atom stereocenters. The van der Waals surface area contributed by atoms with Crippen LogP contribution in [0.5, 0.6) is 0 Å². The van der Waals surface area contributed by atoms with Gasteiger partial charge < -0.3 is 16.2 Å². The van der Waals surface area contributed by atoms with Crippen molar-refractivity contribution >= 4 is 29.5 Å². The summed E-state index contributed by atoms with van der Waals surface area (Å²) in [6.07, 6.45) is 3.84. The van der Waals surface area contributed by atoms with Gasteiger partial charge in [0.2, 0.25) is 11.8 Å². The van der Waals surface area contributed by atoms with Gasteiger partial charge in [0.1, 0.15) is 5.54 Å². The van der Waals surface area contributed by atoms with Crippen LogP contribution in [-0.2, 0) is 14.4 Å². The van der Waals surface area contributed by atoms with E-state index in [0.29, 0.717) is 18.6 Å². The zero-order valence-corrected chi connectivity index (χ0v) is 11.6. The Balaban J connectivity index is 2.39. The SMILES string of the molecule is NC(=O)CSCCC(=O)NC1(C(=O)O)CCCCC1. The van der Waals surface area contributed by atoms with Gasteiger partial charge in [-0.25, -0.2) is 4.79 Å². The molecule has 0 aromatic carbocycles. The van der Waals surface area contributed by atoms with Crippen LogP contribution in [0.3, 0.4) is 0 Å². The van der Waals surface area contributed by atoms with E-state index in [0.717, 1.165) is 19.3 Å². The molecule has 1 saturated carbocycles. The van der Waals surface area contributed by atoms with Gasteiger partial charge in [-0.3, -0.25) is 9.59 Å². The highest BCUT2D eigenvalue weighted by atomic mass is 32.2. The minimum atomic E-state index is -1.09. The number of primary amides is 1. The molecule has 0 atom stereocenters. The lowest BCUT2D eigenvalue weighted by Gasteiger charge is -2.34. The zero-order chi connectivity index (χ0) is 14.3. The molecule has 0 aliphatic heterocycles. The minimum absolute atomic E-state index is 0.178. The Bertz CT molecular complexity index is 354. The molecule has 4 N–H and O–H groups in total. The van der Waals surface area contributed by atoms with Crippen molar-refractivity contribution in [1.82, 2.24) is 5.32 Å². The second kappa shape index (κ2) is 7.37. The number of thioether (sulfide) groups is 1. The standard InChI is InChI=1S/C12H20N2O4S/c13-9(15)8-19-7-4-10(16)14-12(11(17)18)5-2-1-3-6-12/h1-8H2,(H2,13,15)(H,14,16)(H,17,18). The van der Waals surface area contributed by atoms with Crippen LogP contribution in [-0.4, -0.2) is 39.9 Å². The Kier molecular flexibility index (Phi) is 6.14. The first kappa shape index (κ1) is 15.8. The summed E-state index contributed by atoms with van der Waals surface area (Å²) in [6, 6.07) is 0. The van der Waals surface area contributed by atoms with Crippen molar-refractivity contribution < 1.29 is 19.5 Å². The molecule has 0 aromatic heterocycles. The summed E-state index contributed by atoms with van der Waals surface area (Å²) in [5.41, 5.74) is 3.89. The number of carboxylic acid groups (broad SMARTS) is 1. The van der Waals surface area contributed by atoms with Gasteiger partial charge in [0.05, 0.1) is 5.75 Å². The normalized spacial score (nSPS) is 17.7. The molecule has 7 heteroatoms. The summed E-state index contributed by atoms with van der Waals surface area (Å²) < 4.78 is 0. The van der Waals surface area contributed by atoms with Gasteiger partial charge in [0, 0.05) is 12.2 Å². The molecule has 0 spiro atoms. The van der Waals surface area contributed by atoms with Crippen LogP contribution < -0.4 is 11.1 Å². The van der Waals surface area contributed by atoms with Crippen molar-refractivity contribution in [2.45, 2.75) is 44.1 Å². The molecule has 0 saturated heterocycles. The zero-order valence-electron chi connectivity index (χ0n) is 10.8. The first-order valence-corrected chi connectivity index (χ1v) is 7.52. The molecule has 1 rings (SSSR count). The Morgan fingerprint density at radius 2 is 1.84 bits per heavy atom. The summed E-state index contributed by atoms with van der Waals surface area (Å²) in [4.78, 5) is 33.6. The van der Waals surface area contributed by atoms with Crippen LogP contribution in [0.1, 0.15) is 38.5 Å². The summed E-state index contributed by atoms with van der Waals surface area (Å²) in [5.74, 6) is -1.01. The fraction of sp³-hybridized carbons (Fsp3) is 0.750. The van der Waals surface area contributed by atoms with Gasteiger partial charge in [-0.1, -0.05) is 19.3 Å². The summed E-state index contributed by atoms with van der Waals surface area (Å²) >= 11 is 1.28. The van der Waals surface area contributed by atoms with Crippen LogP contribution >= 0.6 is 11.8 Å². The third kappa shape index (κ3) is 5.10. The number of nitrogens with one attached hydrogen (secondary N) is 1. The van der Waals surface area contributed by atoms with Crippen LogP contribution in [0.4, 0.5) is 0 Å². The Labute approximate surface area is 116 Å². The maximum atomic E-state index is 11.8. The lowest BCUT2D eigenvalue weighted by Crippen LogP contribution is -2.55. The van der Waals surface area contributed by atoms with E-state index in [1.165, 1.54) is 11.8 Å². The second-order valence-electron chi connectivity index (χ2n) is 4.76. The van der Waals surface area contributed by atoms with E-state index in [-0.39, 0.29) is 18.1 Å². The van der Waals surface area contributed by atoms with Gasteiger partial charge >= 0.3 is 5.97 Å². The van der Waals surface area contributed by atoms with Crippen molar-refractivity contribution in [3.8, 4) is 0 Å². The number of carbonyl (C=O) groups excluding carboxylic acids is 2. The number of hydrogen-bond acceptors (Lipinski definition) is 4. The van der Waals surface area contributed by atoms with E-state index in [2.05, 4.69) is 5.32 Å². The molecule has 1 aliphatic carbocycles. The smallest absolute Gasteiger partial charge is 0.329 e. The molecule has 108 valence electrons. The molecule has 0 aromatic rings. The molecular weight excluding hydrogens is 268 g/mol. The molecule has 0 heterocycles. The highest BCUT2D eigenvalue weighted by molar-refractivity contribution is 7.99. The molecule has 19 heavy (non-hydrogen) atoms. The van der Waals surface area contributed by atoms with Gasteiger partial charge in [0.25, 0.3) is 0 Å². The van der Waals surface area contributed by atoms with Crippen molar-refractivity contribution in [2.75, 3.05) is 11.5 Å². The lowest BCUT2D eigenvalue weighted by molar-refractivity contribution is -0.149. The predicted molar refractivity (Wildman–Crippen MR) is 72.7 cm³/mol. The van der Waals surface area contributed by atoms with E-state index in [1.807, 2.05) is 0 Å². The third-order valence-corrected chi connectivity index (χ3v) is 4.19. The first-order chi connectivity index (χ1) is 8.96. The average Bonchev–Trinajstić information content (AvgIpc) is 2.35. The van der Waals surface area contributed by atoms with E-state index < -0.39 is 17.4 Å². The van der Waals surface area contributed by atoms with Crippen LogP contribution in [0.15, 0.2) is 0 Å². The van der Waals surface area contributed by atoms with Crippen LogP contribution in [0.2, 0.25) is 0 Å². The van der Waals surface area contributed by atoms with Crippen LogP contribution in [0, 0.1) is 0 Å². The fourth-order valence-electron chi connectivity index (χ4n) is 2.21. The average molecular weight is 288 g/mol. The van der Waals surface area contributed by atoms with E-state index >= 15 is 0 Å². The largest absolute Gasteiger partial charge is 0.480 e. The molecule has 0 bridgehead atoms. The maximum absolute atomic E-state index is 11.8. The molecular formula is C12H20N2O4S. The van der Waals surface area contributed by atoms with Gasteiger partial charge in [-0.2, -0.15) is 11.8 Å². The van der Waals surface area contributed by atoms with Crippen molar-refractivity contribution in [3.05, 3.63) is 0 Å². The van der Waals surface area contributed by atoms with Crippen molar-refractivity contribution in [2.24, 2.45) is 5.73 Å². The number of rotatable bonds is 7. The number of amides is 2. The summed E-state index contributed by atoms with van der Waals surface area (Å²) in [7, 11) is 0. The molecule has 1 aliphatic rings. The Hall–Kier alpha value is -1.24. The Morgan fingerprint density at radius 1 is 1.21 bits per heavy atom. The molecule has 1 fully saturated rings. The van der Waals surface area contributed by atoms with Gasteiger partial charge in [-0.15, -0.1) is 0 Å². The molecule has 2 amide bonds. The second-order valence-corrected chi connectivity index (χ2v) is 5.87. The highest BCUT2D eigenvalue weighted by Crippen LogP contribution is 2.28. The maximum Gasteiger partial charge on any atom is 0.329 e. The Morgan fingerprint density at radius 3 is 2.37 bits per heavy atom. The molecule has 0 radical (unpaired) electrons. The predicted octanol–water partition coefficient (Wildman–Crippen LogP) is 0.499. The van der Waals surface area contributed by atoms with Crippen molar-refractivity contribution in [1.29, 1.82) is 0 Å². The monoisotopic (exact) mass is 288 g/mol. The number of aliphatic carboxylic acids is 1. The number of carbonyl (C=O) groups is 3. The number of carboxylic acids is 1. The molecule has 6 nitrogen and oxygen atoms in total.